The van der Waals surface area contributed by atoms with Crippen LogP contribution in [-0.2, 0) is 13.0 Å². The highest BCUT2D eigenvalue weighted by atomic mass is 16.1. The molecule has 0 aliphatic carbocycles. The van der Waals surface area contributed by atoms with Crippen LogP contribution in [0.5, 0.6) is 0 Å². The summed E-state index contributed by atoms with van der Waals surface area (Å²) in [4.78, 5) is 22.7. The smallest absolute Gasteiger partial charge is 0.267 e. The monoisotopic (exact) mass is 296 g/mol. The minimum absolute atomic E-state index is 0.292. The Labute approximate surface area is 130 Å². The first-order valence-corrected chi connectivity index (χ1v) is 7.53. The van der Waals surface area contributed by atoms with Crippen molar-refractivity contribution in [2.75, 3.05) is 6.54 Å². The Morgan fingerprint density at radius 3 is 2.91 bits per heavy atom. The summed E-state index contributed by atoms with van der Waals surface area (Å²) in [5, 5.41) is 0. The fourth-order valence-corrected chi connectivity index (χ4v) is 2.87. The van der Waals surface area contributed by atoms with Gasteiger partial charge in [0.15, 0.2) is 0 Å². The largest absolute Gasteiger partial charge is 0.364 e. The molecule has 2 N–H and O–H groups in total. The number of amides is 1. The number of nitrogens with zero attached hydrogens (tertiary/aromatic N) is 3. The van der Waals surface area contributed by atoms with Crippen LogP contribution in [0.4, 0.5) is 0 Å². The highest BCUT2D eigenvalue weighted by molar-refractivity contribution is 5.97. The average molecular weight is 296 g/mol. The summed E-state index contributed by atoms with van der Waals surface area (Å²) in [5.41, 5.74) is 9.71. The predicted octanol–water partition coefficient (Wildman–Crippen LogP) is 2.01. The molecule has 0 spiro atoms. The van der Waals surface area contributed by atoms with Crippen molar-refractivity contribution in [1.29, 1.82) is 0 Å². The molecule has 22 heavy (non-hydrogen) atoms. The number of hydrogen-bond acceptors (Lipinski definition) is 4. The summed E-state index contributed by atoms with van der Waals surface area (Å²) in [6.45, 7) is 6.33. The molecule has 2 aromatic rings. The Kier molecular flexibility index (Phi) is 3.90. The number of fused-ring (bicyclic) bond motifs is 1. The molecule has 5 heteroatoms. The van der Waals surface area contributed by atoms with E-state index in [4.69, 9.17) is 5.73 Å². The van der Waals surface area contributed by atoms with Crippen molar-refractivity contribution < 1.29 is 4.79 Å². The summed E-state index contributed by atoms with van der Waals surface area (Å²) in [7, 11) is 0. The second-order valence-corrected chi connectivity index (χ2v) is 5.91. The number of carbonyl (C=O) groups excluding carboxylic acids is 1. The molecule has 5 nitrogen and oxygen atoms in total. The van der Waals surface area contributed by atoms with E-state index in [-0.39, 0.29) is 0 Å². The molecule has 3 rings (SSSR count). The van der Waals surface area contributed by atoms with Gasteiger partial charge >= 0.3 is 0 Å². The normalized spacial score (nSPS) is 14.9. The minimum Gasteiger partial charge on any atom is -0.364 e. The number of aromatic nitrogens is 2. The van der Waals surface area contributed by atoms with Gasteiger partial charge in [-0.3, -0.25) is 19.7 Å². The fourth-order valence-electron chi connectivity index (χ4n) is 2.87. The molecular formula is C17H20N4O. The van der Waals surface area contributed by atoms with Crippen LogP contribution in [0.3, 0.4) is 0 Å². The summed E-state index contributed by atoms with van der Waals surface area (Å²) >= 11 is 0. The van der Waals surface area contributed by atoms with Gasteiger partial charge in [0.05, 0.1) is 0 Å². The molecule has 0 unspecified atom stereocenters. The van der Waals surface area contributed by atoms with Gasteiger partial charge < -0.3 is 5.73 Å². The minimum atomic E-state index is -0.517. The predicted molar refractivity (Wildman–Crippen MR) is 85.2 cm³/mol. The van der Waals surface area contributed by atoms with Gasteiger partial charge in [-0.25, -0.2) is 0 Å². The second kappa shape index (κ2) is 5.85. The molecule has 3 heterocycles. The Morgan fingerprint density at radius 2 is 2.18 bits per heavy atom. The van der Waals surface area contributed by atoms with Gasteiger partial charge in [0.25, 0.3) is 5.91 Å². The molecule has 0 aromatic carbocycles. The van der Waals surface area contributed by atoms with E-state index in [2.05, 4.69) is 34.8 Å². The zero-order valence-corrected chi connectivity index (χ0v) is 12.9. The van der Waals surface area contributed by atoms with Gasteiger partial charge in [-0.1, -0.05) is 6.07 Å². The molecule has 114 valence electrons. The van der Waals surface area contributed by atoms with E-state index in [0.717, 1.165) is 36.3 Å². The molecule has 0 fully saturated rings. The number of pyridine rings is 2. The summed E-state index contributed by atoms with van der Waals surface area (Å²) in [6.07, 6.45) is 4.35. The molecule has 1 amide bonds. The van der Waals surface area contributed by atoms with Crippen molar-refractivity contribution in [3.8, 4) is 11.1 Å². The van der Waals surface area contributed by atoms with E-state index in [1.54, 1.807) is 6.20 Å². The van der Waals surface area contributed by atoms with Crippen molar-refractivity contribution >= 4 is 5.91 Å². The maximum absolute atomic E-state index is 11.6. The van der Waals surface area contributed by atoms with E-state index in [0.29, 0.717) is 11.7 Å². The van der Waals surface area contributed by atoms with Gasteiger partial charge in [0.2, 0.25) is 0 Å². The maximum atomic E-state index is 11.6. The van der Waals surface area contributed by atoms with Gasteiger partial charge in [-0.05, 0) is 31.5 Å². The SMILES string of the molecule is CC(C)N1CCc2ncc(-c3cccnc3C(N)=O)cc2C1. The lowest BCUT2D eigenvalue weighted by atomic mass is 9.98. The number of hydrogen-bond donors (Lipinski definition) is 1. The van der Waals surface area contributed by atoms with Gasteiger partial charge in [0.1, 0.15) is 5.69 Å². The molecule has 0 bridgehead atoms. The summed E-state index contributed by atoms with van der Waals surface area (Å²) in [5.74, 6) is -0.517. The summed E-state index contributed by atoms with van der Waals surface area (Å²) in [6, 6.07) is 6.29. The van der Waals surface area contributed by atoms with Crippen LogP contribution in [0, 0.1) is 0 Å². The molecule has 0 saturated heterocycles. The topological polar surface area (TPSA) is 72.1 Å². The number of rotatable bonds is 3. The summed E-state index contributed by atoms with van der Waals surface area (Å²) < 4.78 is 0. The van der Waals surface area contributed by atoms with Crippen molar-refractivity contribution in [2.45, 2.75) is 32.9 Å². The molecule has 0 saturated carbocycles. The van der Waals surface area contributed by atoms with Crippen molar-refractivity contribution in [3.05, 3.63) is 47.5 Å². The third-order valence-electron chi connectivity index (χ3n) is 4.15. The van der Waals surface area contributed by atoms with Crippen molar-refractivity contribution in [3.63, 3.8) is 0 Å². The van der Waals surface area contributed by atoms with Gasteiger partial charge in [0, 0.05) is 54.8 Å². The molecule has 2 aromatic heterocycles. The van der Waals surface area contributed by atoms with Crippen LogP contribution in [0.25, 0.3) is 11.1 Å². The van der Waals surface area contributed by atoms with Gasteiger partial charge in [-0.15, -0.1) is 0 Å². The highest BCUT2D eigenvalue weighted by Crippen LogP contribution is 2.26. The van der Waals surface area contributed by atoms with E-state index in [1.807, 2.05) is 18.3 Å². The van der Waals surface area contributed by atoms with Crippen LogP contribution in [0.2, 0.25) is 0 Å². The lowest BCUT2D eigenvalue weighted by molar-refractivity contribution is 0.0996. The third kappa shape index (κ3) is 2.72. The molecule has 0 radical (unpaired) electrons. The third-order valence-corrected chi connectivity index (χ3v) is 4.15. The number of primary amides is 1. The fraction of sp³-hybridized carbons (Fsp3) is 0.353. The number of carbonyl (C=O) groups is 1. The van der Waals surface area contributed by atoms with Crippen LogP contribution < -0.4 is 5.73 Å². The zero-order chi connectivity index (χ0) is 15.7. The maximum Gasteiger partial charge on any atom is 0.267 e. The Balaban J connectivity index is 2.01. The molecule has 0 atom stereocenters. The molecule has 1 aliphatic rings. The second-order valence-electron chi connectivity index (χ2n) is 5.91. The van der Waals surface area contributed by atoms with E-state index < -0.39 is 5.91 Å². The Bertz CT molecular complexity index is 712. The van der Waals surface area contributed by atoms with Gasteiger partial charge in [-0.2, -0.15) is 0 Å². The Hall–Kier alpha value is -2.27. The first-order chi connectivity index (χ1) is 10.6. The van der Waals surface area contributed by atoms with Crippen LogP contribution in [0.15, 0.2) is 30.6 Å². The van der Waals surface area contributed by atoms with Crippen LogP contribution in [-0.4, -0.2) is 33.4 Å². The van der Waals surface area contributed by atoms with Crippen molar-refractivity contribution in [1.82, 2.24) is 14.9 Å². The van der Waals surface area contributed by atoms with Crippen molar-refractivity contribution in [2.24, 2.45) is 5.73 Å². The van der Waals surface area contributed by atoms with Crippen LogP contribution >= 0.6 is 0 Å². The lowest BCUT2D eigenvalue weighted by Gasteiger charge is -2.31. The highest BCUT2D eigenvalue weighted by Gasteiger charge is 2.20. The Morgan fingerprint density at radius 1 is 1.36 bits per heavy atom. The van der Waals surface area contributed by atoms with E-state index in [9.17, 15) is 4.79 Å². The average Bonchev–Trinajstić information content (AvgIpc) is 2.53. The molecular weight excluding hydrogens is 276 g/mol. The number of nitrogens with two attached hydrogens (primary N) is 1. The quantitative estimate of drug-likeness (QED) is 0.940. The lowest BCUT2D eigenvalue weighted by Crippen LogP contribution is -2.36. The van der Waals surface area contributed by atoms with E-state index >= 15 is 0 Å². The van der Waals surface area contributed by atoms with E-state index in [1.165, 1.54) is 5.56 Å². The first-order valence-electron chi connectivity index (χ1n) is 7.53. The zero-order valence-electron chi connectivity index (χ0n) is 12.9. The van der Waals surface area contributed by atoms with Crippen LogP contribution in [0.1, 0.15) is 35.6 Å². The standard InChI is InChI=1S/C17H20N4O/c1-11(2)21-7-5-15-13(10-21)8-12(9-20-15)14-4-3-6-19-16(14)17(18)22/h3-4,6,8-9,11H,5,7,10H2,1-2H3,(H2,18,22). The first kappa shape index (κ1) is 14.7. The molecule has 1 aliphatic heterocycles.